The van der Waals surface area contributed by atoms with Gasteiger partial charge in [-0.1, -0.05) is 52.3 Å². The molecule has 8 heteroatoms. The highest BCUT2D eigenvalue weighted by atomic mass is 16.6. The van der Waals surface area contributed by atoms with Gasteiger partial charge in [0.1, 0.15) is 23.4 Å². The molecule has 0 bridgehead atoms. The molecule has 37 heavy (non-hydrogen) atoms. The van der Waals surface area contributed by atoms with E-state index in [-0.39, 0.29) is 35.6 Å². The molecule has 1 rings (SSSR count). The second-order valence-electron chi connectivity index (χ2n) is 11.7. The van der Waals surface area contributed by atoms with Crippen molar-refractivity contribution in [3.63, 3.8) is 0 Å². The zero-order valence-electron chi connectivity index (χ0n) is 24.4. The van der Waals surface area contributed by atoms with E-state index in [2.05, 4.69) is 24.5 Å². The van der Waals surface area contributed by atoms with Crippen molar-refractivity contribution in [3.8, 4) is 5.75 Å². The average molecular weight is 520 g/mol. The van der Waals surface area contributed by atoms with E-state index in [1.54, 1.807) is 43.9 Å². The zero-order chi connectivity index (χ0) is 28.5. The minimum atomic E-state index is -1.08. The molecular formula is C29H49N3O5. The number of amides is 3. The van der Waals surface area contributed by atoms with E-state index in [1.807, 2.05) is 34.6 Å². The molecule has 0 fully saturated rings. The summed E-state index contributed by atoms with van der Waals surface area (Å²) in [6.45, 7) is 18.9. The number of rotatable bonds is 12. The lowest BCUT2D eigenvalue weighted by Gasteiger charge is -2.40. The van der Waals surface area contributed by atoms with E-state index in [0.717, 1.165) is 6.42 Å². The third-order valence-corrected chi connectivity index (χ3v) is 6.23. The molecule has 1 aromatic carbocycles. The molecule has 0 heterocycles. The van der Waals surface area contributed by atoms with Gasteiger partial charge in [-0.15, -0.1) is 0 Å². The van der Waals surface area contributed by atoms with Crippen molar-refractivity contribution in [2.75, 3.05) is 0 Å². The summed E-state index contributed by atoms with van der Waals surface area (Å²) < 4.78 is 5.46. The van der Waals surface area contributed by atoms with Crippen LogP contribution in [0.25, 0.3) is 0 Å². The standard InChI is InChI=1S/C29H49N3O5/c1-11-20(6)24(31-28(36)37-29(8,9)10)27(35)32(21(7)17-16-18(2)3)25(26(34)30-19(4)5)22-14-12-13-15-23(22)33/h12-15,18-21,24-25,33H,11,16-17H2,1-10H3,(H,30,34)(H,31,36). The van der Waals surface area contributed by atoms with Crippen molar-refractivity contribution in [2.24, 2.45) is 11.8 Å². The van der Waals surface area contributed by atoms with E-state index < -0.39 is 23.8 Å². The zero-order valence-corrected chi connectivity index (χ0v) is 24.4. The Hall–Kier alpha value is -2.77. The number of benzene rings is 1. The molecule has 1 aromatic rings. The molecule has 3 amide bonds. The fraction of sp³-hybridized carbons (Fsp3) is 0.690. The number of carbonyl (C=O) groups excluding carboxylic acids is 3. The quantitative estimate of drug-likeness (QED) is 0.335. The van der Waals surface area contributed by atoms with Crippen LogP contribution in [0.4, 0.5) is 4.79 Å². The first-order valence-corrected chi connectivity index (χ1v) is 13.5. The van der Waals surface area contributed by atoms with Gasteiger partial charge in [-0.2, -0.15) is 0 Å². The monoisotopic (exact) mass is 519 g/mol. The topological polar surface area (TPSA) is 108 Å². The minimum absolute atomic E-state index is 0.0690. The summed E-state index contributed by atoms with van der Waals surface area (Å²) in [6, 6.07) is 4.07. The number of hydrogen-bond donors (Lipinski definition) is 3. The van der Waals surface area contributed by atoms with Crippen LogP contribution in [0.1, 0.15) is 100 Å². The largest absolute Gasteiger partial charge is 0.508 e. The Morgan fingerprint density at radius 2 is 1.57 bits per heavy atom. The van der Waals surface area contributed by atoms with Gasteiger partial charge >= 0.3 is 6.09 Å². The molecule has 3 N–H and O–H groups in total. The van der Waals surface area contributed by atoms with Gasteiger partial charge < -0.3 is 25.4 Å². The molecule has 0 saturated carbocycles. The maximum atomic E-state index is 14.3. The summed E-state index contributed by atoms with van der Waals surface area (Å²) in [7, 11) is 0. The molecule has 4 atom stereocenters. The van der Waals surface area contributed by atoms with Crippen LogP contribution < -0.4 is 10.6 Å². The number of ether oxygens (including phenoxy) is 1. The molecule has 0 saturated heterocycles. The number of phenolic OH excluding ortho intramolecular Hbond substituents is 1. The molecule has 4 unspecified atom stereocenters. The summed E-state index contributed by atoms with van der Waals surface area (Å²) in [5.74, 6) is -0.666. The number of phenols is 1. The van der Waals surface area contributed by atoms with Crippen LogP contribution in [0.15, 0.2) is 24.3 Å². The van der Waals surface area contributed by atoms with Gasteiger partial charge in [-0.05, 0) is 72.3 Å². The molecule has 8 nitrogen and oxygen atoms in total. The van der Waals surface area contributed by atoms with Gasteiger partial charge in [-0.3, -0.25) is 9.59 Å². The Morgan fingerprint density at radius 3 is 2.05 bits per heavy atom. The maximum absolute atomic E-state index is 14.3. The Kier molecular flexibility index (Phi) is 12.4. The summed E-state index contributed by atoms with van der Waals surface area (Å²) in [4.78, 5) is 42.3. The summed E-state index contributed by atoms with van der Waals surface area (Å²) in [5.41, 5.74) is -0.391. The van der Waals surface area contributed by atoms with E-state index in [1.165, 1.54) is 6.07 Å². The van der Waals surface area contributed by atoms with Gasteiger partial charge in [0, 0.05) is 17.6 Å². The predicted octanol–water partition coefficient (Wildman–Crippen LogP) is 5.55. The Labute approximate surface area is 223 Å². The lowest BCUT2D eigenvalue weighted by atomic mass is 9.93. The first kappa shape index (κ1) is 32.3. The molecule has 0 aliphatic heterocycles. The van der Waals surface area contributed by atoms with Gasteiger partial charge in [0.05, 0.1) is 0 Å². The molecule has 0 aliphatic rings. The maximum Gasteiger partial charge on any atom is 0.408 e. The SMILES string of the molecule is CCC(C)C(NC(=O)OC(C)(C)C)C(=O)N(C(C)CCC(C)C)C(C(=O)NC(C)C)c1ccccc1O. The molecular weight excluding hydrogens is 470 g/mol. The predicted molar refractivity (Wildman–Crippen MR) is 147 cm³/mol. The molecule has 0 aromatic heterocycles. The van der Waals surface area contributed by atoms with Gasteiger partial charge in [0.2, 0.25) is 11.8 Å². The minimum Gasteiger partial charge on any atom is -0.508 e. The fourth-order valence-corrected chi connectivity index (χ4v) is 4.09. The second kappa shape index (κ2) is 14.2. The Morgan fingerprint density at radius 1 is 0.973 bits per heavy atom. The average Bonchev–Trinajstić information content (AvgIpc) is 2.77. The Bertz CT molecular complexity index is 894. The van der Waals surface area contributed by atoms with Gasteiger partial charge in [-0.25, -0.2) is 4.79 Å². The van der Waals surface area contributed by atoms with Crippen molar-refractivity contribution in [2.45, 2.75) is 118 Å². The van der Waals surface area contributed by atoms with Crippen LogP contribution >= 0.6 is 0 Å². The first-order valence-electron chi connectivity index (χ1n) is 13.5. The van der Waals surface area contributed by atoms with Crippen molar-refractivity contribution in [1.29, 1.82) is 0 Å². The first-order chi connectivity index (χ1) is 17.1. The van der Waals surface area contributed by atoms with Crippen molar-refractivity contribution in [3.05, 3.63) is 29.8 Å². The van der Waals surface area contributed by atoms with Crippen molar-refractivity contribution < 1.29 is 24.2 Å². The lowest BCUT2D eigenvalue weighted by Crippen LogP contribution is -2.57. The Balaban J connectivity index is 3.66. The number of nitrogens with one attached hydrogen (secondary N) is 2. The molecule has 0 radical (unpaired) electrons. The van der Waals surface area contributed by atoms with Crippen LogP contribution in [-0.4, -0.2) is 51.6 Å². The third kappa shape index (κ3) is 10.3. The number of para-hydroxylation sites is 1. The number of aromatic hydroxyl groups is 1. The van der Waals surface area contributed by atoms with Crippen LogP contribution in [0.5, 0.6) is 5.75 Å². The summed E-state index contributed by atoms with van der Waals surface area (Å²) in [6.07, 6.45) is 1.44. The number of hydrogen-bond acceptors (Lipinski definition) is 5. The highest BCUT2D eigenvalue weighted by Gasteiger charge is 2.41. The number of nitrogens with zero attached hydrogens (tertiary/aromatic N) is 1. The van der Waals surface area contributed by atoms with Crippen molar-refractivity contribution >= 4 is 17.9 Å². The van der Waals surface area contributed by atoms with E-state index >= 15 is 0 Å². The number of carbonyl (C=O) groups is 3. The molecule has 210 valence electrons. The van der Waals surface area contributed by atoms with Gasteiger partial charge in [0.15, 0.2) is 0 Å². The van der Waals surface area contributed by atoms with E-state index in [0.29, 0.717) is 24.3 Å². The van der Waals surface area contributed by atoms with Crippen LogP contribution in [0.2, 0.25) is 0 Å². The third-order valence-electron chi connectivity index (χ3n) is 6.23. The van der Waals surface area contributed by atoms with Gasteiger partial charge in [0.25, 0.3) is 0 Å². The summed E-state index contributed by atoms with van der Waals surface area (Å²) >= 11 is 0. The van der Waals surface area contributed by atoms with Crippen LogP contribution in [0, 0.1) is 11.8 Å². The highest BCUT2D eigenvalue weighted by Crippen LogP contribution is 2.33. The second-order valence-corrected chi connectivity index (χ2v) is 11.7. The van der Waals surface area contributed by atoms with Crippen LogP contribution in [-0.2, 0) is 14.3 Å². The van der Waals surface area contributed by atoms with Crippen molar-refractivity contribution in [1.82, 2.24) is 15.5 Å². The molecule has 0 spiro atoms. The smallest absolute Gasteiger partial charge is 0.408 e. The summed E-state index contributed by atoms with van der Waals surface area (Å²) in [5, 5.41) is 16.5. The normalized spacial score (nSPS) is 15.0. The molecule has 0 aliphatic carbocycles. The fourth-order valence-electron chi connectivity index (χ4n) is 4.09. The van der Waals surface area contributed by atoms with E-state index in [9.17, 15) is 19.5 Å². The number of alkyl carbamates (subject to hydrolysis) is 1. The van der Waals surface area contributed by atoms with Crippen LogP contribution in [0.3, 0.4) is 0 Å². The highest BCUT2D eigenvalue weighted by molar-refractivity contribution is 5.93. The lowest BCUT2D eigenvalue weighted by molar-refractivity contribution is -0.146. The van der Waals surface area contributed by atoms with E-state index in [4.69, 9.17) is 4.74 Å².